The fraction of sp³-hybridized carbons (Fsp3) is 0.692. The van der Waals surface area contributed by atoms with Crippen LogP contribution in [0.1, 0.15) is 50.0 Å². The van der Waals surface area contributed by atoms with Gasteiger partial charge in [-0.2, -0.15) is 0 Å². The SMILES string of the molecule is CCC1CCC(c2nccc(CCN)n2)C1. The van der Waals surface area contributed by atoms with Gasteiger partial charge in [0, 0.05) is 24.2 Å². The highest BCUT2D eigenvalue weighted by molar-refractivity contribution is 5.07. The zero-order valence-corrected chi connectivity index (χ0v) is 10.0. The Morgan fingerprint density at radius 2 is 2.31 bits per heavy atom. The van der Waals surface area contributed by atoms with Gasteiger partial charge in [-0.3, -0.25) is 0 Å². The van der Waals surface area contributed by atoms with Gasteiger partial charge >= 0.3 is 0 Å². The van der Waals surface area contributed by atoms with Crippen LogP contribution in [0.25, 0.3) is 0 Å². The molecule has 2 unspecified atom stereocenters. The molecule has 1 fully saturated rings. The molecular weight excluding hydrogens is 198 g/mol. The van der Waals surface area contributed by atoms with Crippen LogP contribution in [0, 0.1) is 5.92 Å². The van der Waals surface area contributed by atoms with Crippen molar-refractivity contribution in [1.29, 1.82) is 0 Å². The average Bonchev–Trinajstić information content (AvgIpc) is 2.78. The van der Waals surface area contributed by atoms with Crippen LogP contribution in [0.15, 0.2) is 12.3 Å². The third kappa shape index (κ3) is 2.59. The Bertz CT molecular complexity index is 338. The van der Waals surface area contributed by atoms with Crippen LogP contribution in [0.3, 0.4) is 0 Å². The Labute approximate surface area is 97.5 Å². The summed E-state index contributed by atoms with van der Waals surface area (Å²) in [5.41, 5.74) is 6.64. The summed E-state index contributed by atoms with van der Waals surface area (Å²) in [5.74, 6) is 2.51. The molecule has 16 heavy (non-hydrogen) atoms. The number of aromatic nitrogens is 2. The fourth-order valence-electron chi connectivity index (χ4n) is 2.58. The molecule has 1 aromatic heterocycles. The second-order valence-electron chi connectivity index (χ2n) is 4.73. The predicted octanol–water partition coefficient (Wildman–Crippen LogP) is 2.27. The standard InChI is InChI=1S/C13H21N3/c1-2-10-3-4-11(9-10)13-15-8-6-12(16-13)5-7-14/h6,8,10-11H,2-5,7,9,14H2,1H3. The molecule has 1 aliphatic rings. The molecule has 0 bridgehead atoms. The fourth-order valence-corrected chi connectivity index (χ4v) is 2.58. The molecule has 3 heteroatoms. The zero-order valence-electron chi connectivity index (χ0n) is 10.0. The van der Waals surface area contributed by atoms with Gasteiger partial charge in [0.05, 0.1) is 0 Å². The van der Waals surface area contributed by atoms with Crippen molar-refractivity contribution in [2.75, 3.05) is 6.54 Å². The van der Waals surface area contributed by atoms with E-state index in [0.717, 1.165) is 23.9 Å². The first-order valence-electron chi connectivity index (χ1n) is 6.35. The van der Waals surface area contributed by atoms with Crippen LogP contribution < -0.4 is 5.73 Å². The van der Waals surface area contributed by atoms with Crippen molar-refractivity contribution in [2.45, 2.75) is 44.9 Å². The van der Waals surface area contributed by atoms with Crippen LogP contribution in [-0.2, 0) is 6.42 Å². The van der Waals surface area contributed by atoms with Crippen molar-refractivity contribution >= 4 is 0 Å². The first-order chi connectivity index (χ1) is 7.83. The van der Waals surface area contributed by atoms with Crippen molar-refractivity contribution in [2.24, 2.45) is 11.7 Å². The van der Waals surface area contributed by atoms with E-state index in [0.29, 0.717) is 12.5 Å². The molecule has 0 amide bonds. The molecular formula is C13H21N3. The largest absolute Gasteiger partial charge is 0.330 e. The van der Waals surface area contributed by atoms with Crippen LogP contribution in [0.5, 0.6) is 0 Å². The van der Waals surface area contributed by atoms with E-state index in [4.69, 9.17) is 5.73 Å². The summed E-state index contributed by atoms with van der Waals surface area (Å²) in [6.45, 7) is 2.94. The number of nitrogens with zero attached hydrogens (tertiary/aromatic N) is 2. The van der Waals surface area contributed by atoms with E-state index < -0.39 is 0 Å². The van der Waals surface area contributed by atoms with Gasteiger partial charge < -0.3 is 5.73 Å². The highest BCUT2D eigenvalue weighted by Crippen LogP contribution is 2.38. The van der Waals surface area contributed by atoms with Crippen LogP contribution >= 0.6 is 0 Å². The lowest BCUT2D eigenvalue weighted by molar-refractivity contribution is 0.516. The van der Waals surface area contributed by atoms with Gasteiger partial charge in [0.1, 0.15) is 5.82 Å². The molecule has 1 heterocycles. The van der Waals surface area contributed by atoms with E-state index in [1.165, 1.54) is 25.7 Å². The van der Waals surface area contributed by atoms with E-state index in [-0.39, 0.29) is 0 Å². The zero-order chi connectivity index (χ0) is 11.4. The van der Waals surface area contributed by atoms with Crippen molar-refractivity contribution in [3.05, 3.63) is 23.8 Å². The number of hydrogen-bond acceptors (Lipinski definition) is 3. The maximum absolute atomic E-state index is 5.55. The summed E-state index contributed by atoms with van der Waals surface area (Å²) >= 11 is 0. The highest BCUT2D eigenvalue weighted by Gasteiger charge is 2.26. The lowest BCUT2D eigenvalue weighted by atomic mass is 10.0. The molecule has 0 aliphatic heterocycles. The van der Waals surface area contributed by atoms with Crippen LogP contribution in [0.2, 0.25) is 0 Å². The van der Waals surface area contributed by atoms with Crippen molar-refractivity contribution in [3.63, 3.8) is 0 Å². The van der Waals surface area contributed by atoms with E-state index in [9.17, 15) is 0 Å². The molecule has 0 radical (unpaired) electrons. The smallest absolute Gasteiger partial charge is 0.131 e. The lowest BCUT2D eigenvalue weighted by Crippen LogP contribution is -2.08. The highest BCUT2D eigenvalue weighted by atomic mass is 14.9. The maximum atomic E-state index is 5.55. The van der Waals surface area contributed by atoms with Gasteiger partial charge in [-0.1, -0.05) is 13.3 Å². The molecule has 88 valence electrons. The predicted molar refractivity (Wildman–Crippen MR) is 65.2 cm³/mol. The molecule has 2 N–H and O–H groups in total. The van der Waals surface area contributed by atoms with E-state index in [1.807, 2.05) is 12.3 Å². The van der Waals surface area contributed by atoms with Crippen molar-refractivity contribution in [3.8, 4) is 0 Å². The molecule has 3 nitrogen and oxygen atoms in total. The Kier molecular flexibility index (Phi) is 3.88. The third-order valence-electron chi connectivity index (χ3n) is 3.62. The topological polar surface area (TPSA) is 51.8 Å². The van der Waals surface area contributed by atoms with Gasteiger partial charge in [-0.05, 0) is 37.8 Å². The first kappa shape index (κ1) is 11.5. The van der Waals surface area contributed by atoms with Crippen molar-refractivity contribution in [1.82, 2.24) is 9.97 Å². The van der Waals surface area contributed by atoms with E-state index >= 15 is 0 Å². The number of rotatable bonds is 4. The van der Waals surface area contributed by atoms with Crippen molar-refractivity contribution < 1.29 is 0 Å². The van der Waals surface area contributed by atoms with Gasteiger partial charge in [0.25, 0.3) is 0 Å². The Morgan fingerprint density at radius 3 is 3.00 bits per heavy atom. The summed E-state index contributed by atoms with van der Waals surface area (Å²) in [7, 11) is 0. The maximum Gasteiger partial charge on any atom is 0.131 e. The van der Waals surface area contributed by atoms with E-state index in [2.05, 4.69) is 16.9 Å². The molecule has 2 rings (SSSR count). The summed E-state index contributed by atoms with van der Waals surface area (Å²) in [6, 6.07) is 1.97. The van der Waals surface area contributed by atoms with Gasteiger partial charge in [0.15, 0.2) is 0 Å². The molecule has 1 saturated carbocycles. The quantitative estimate of drug-likeness (QED) is 0.845. The minimum absolute atomic E-state index is 0.586. The lowest BCUT2D eigenvalue weighted by Gasteiger charge is -2.09. The number of nitrogens with two attached hydrogens (primary N) is 1. The third-order valence-corrected chi connectivity index (χ3v) is 3.62. The van der Waals surface area contributed by atoms with Gasteiger partial charge in [-0.15, -0.1) is 0 Å². The normalized spacial score (nSPS) is 24.9. The minimum Gasteiger partial charge on any atom is -0.330 e. The van der Waals surface area contributed by atoms with Crippen LogP contribution in [-0.4, -0.2) is 16.5 Å². The molecule has 0 aromatic carbocycles. The summed E-state index contributed by atoms with van der Waals surface area (Å²) in [6.07, 6.45) is 7.89. The Hall–Kier alpha value is -0.960. The van der Waals surface area contributed by atoms with Gasteiger partial charge in [0.2, 0.25) is 0 Å². The number of hydrogen-bond donors (Lipinski definition) is 1. The summed E-state index contributed by atoms with van der Waals surface area (Å²) < 4.78 is 0. The average molecular weight is 219 g/mol. The molecule has 0 saturated heterocycles. The summed E-state index contributed by atoms with van der Waals surface area (Å²) in [4.78, 5) is 9.04. The Morgan fingerprint density at radius 1 is 1.44 bits per heavy atom. The second-order valence-corrected chi connectivity index (χ2v) is 4.73. The molecule has 0 spiro atoms. The van der Waals surface area contributed by atoms with E-state index in [1.54, 1.807) is 0 Å². The monoisotopic (exact) mass is 219 g/mol. The first-order valence-corrected chi connectivity index (χ1v) is 6.35. The molecule has 1 aromatic rings. The van der Waals surface area contributed by atoms with Crippen LogP contribution in [0.4, 0.5) is 0 Å². The Balaban J connectivity index is 2.06. The minimum atomic E-state index is 0.586. The van der Waals surface area contributed by atoms with Gasteiger partial charge in [-0.25, -0.2) is 9.97 Å². The molecule has 1 aliphatic carbocycles. The molecule has 2 atom stereocenters. The summed E-state index contributed by atoms with van der Waals surface area (Å²) in [5, 5.41) is 0. The second kappa shape index (κ2) is 5.39.